The minimum absolute atomic E-state index is 0.624. The van der Waals surface area contributed by atoms with E-state index >= 15 is 0 Å². The molecule has 0 fully saturated rings. The molecule has 0 atom stereocenters. The number of rotatable bonds is 5. The van der Waals surface area contributed by atoms with Crippen LogP contribution in [0.25, 0.3) is 0 Å². The van der Waals surface area contributed by atoms with E-state index in [0.717, 1.165) is 31.2 Å². The van der Waals surface area contributed by atoms with Gasteiger partial charge in [-0.25, -0.2) is 0 Å². The quantitative estimate of drug-likeness (QED) is 0.792. The van der Waals surface area contributed by atoms with E-state index in [9.17, 15) is 5.11 Å². The van der Waals surface area contributed by atoms with Gasteiger partial charge in [0.1, 0.15) is 0 Å². The van der Waals surface area contributed by atoms with E-state index in [2.05, 4.69) is 45.9 Å². The second kappa shape index (κ2) is 5.49. The van der Waals surface area contributed by atoms with Gasteiger partial charge in [0.05, 0.1) is 5.60 Å². The smallest absolute Gasteiger partial charge is 0.0898 e. The summed E-state index contributed by atoms with van der Waals surface area (Å²) in [6.07, 6.45) is 3.74. The Kier molecular flexibility index (Phi) is 4.55. The summed E-state index contributed by atoms with van der Waals surface area (Å²) < 4.78 is 0. The molecule has 1 nitrogen and oxygen atoms in total. The van der Waals surface area contributed by atoms with Gasteiger partial charge in [-0.1, -0.05) is 50.5 Å². The topological polar surface area (TPSA) is 20.2 Å². The molecule has 0 saturated carbocycles. The molecule has 0 unspecified atom stereocenters. The van der Waals surface area contributed by atoms with E-state index in [-0.39, 0.29) is 0 Å². The molecular formula is C15H24O. The zero-order chi connectivity index (χ0) is 12.2. The van der Waals surface area contributed by atoms with Gasteiger partial charge in [-0.2, -0.15) is 0 Å². The van der Waals surface area contributed by atoms with Crippen molar-refractivity contribution in [3.63, 3.8) is 0 Å². The monoisotopic (exact) mass is 220 g/mol. The van der Waals surface area contributed by atoms with Crippen molar-refractivity contribution in [3.8, 4) is 0 Å². The molecule has 0 aliphatic carbocycles. The Morgan fingerprint density at radius 2 is 1.62 bits per heavy atom. The average molecular weight is 220 g/mol. The molecule has 1 N–H and O–H groups in total. The summed E-state index contributed by atoms with van der Waals surface area (Å²) in [6, 6.07) is 6.35. The van der Waals surface area contributed by atoms with Crippen LogP contribution in [-0.2, 0) is 5.60 Å². The summed E-state index contributed by atoms with van der Waals surface area (Å²) in [5.74, 6) is 0. The molecule has 0 aliphatic heterocycles. The fraction of sp³-hybridized carbons (Fsp3) is 0.600. The maximum absolute atomic E-state index is 10.8. The molecule has 1 rings (SSSR count). The number of hydrogen-bond acceptors (Lipinski definition) is 1. The molecule has 1 aromatic carbocycles. The largest absolute Gasteiger partial charge is 0.385 e. The van der Waals surface area contributed by atoms with E-state index in [1.165, 1.54) is 11.1 Å². The third kappa shape index (κ3) is 2.85. The molecule has 1 aromatic rings. The molecule has 0 saturated heterocycles. The van der Waals surface area contributed by atoms with Crippen molar-refractivity contribution < 1.29 is 5.11 Å². The van der Waals surface area contributed by atoms with Crippen molar-refractivity contribution in [1.29, 1.82) is 0 Å². The third-order valence-electron chi connectivity index (χ3n) is 3.21. The Labute approximate surface area is 99.5 Å². The van der Waals surface area contributed by atoms with Crippen LogP contribution in [0, 0.1) is 13.8 Å². The van der Waals surface area contributed by atoms with Crippen molar-refractivity contribution in [3.05, 3.63) is 34.9 Å². The summed E-state index contributed by atoms with van der Waals surface area (Å²) in [4.78, 5) is 0. The fourth-order valence-electron chi connectivity index (χ4n) is 2.56. The van der Waals surface area contributed by atoms with Crippen molar-refractivity contribution in [2.75, 3.05) is 0 Å². The normalized spacial score (nSPS) is 11.8. The van der Waals surface area contributed by atoms with Crippen molar-refractivity contribution in [1.82, 2.24) is 0 Å². The lowest BCUT2D eigenvalue weighted by atomic mass is 9.82. The zero-order valence-corrected chi connectivity index (χ0v) is 11.0. The van der Waals surface area contributed by atoms with E-state index < -0.39 is 5.60 Å². The Morgan fingerprint density at radius 3 is 2.06 bits per heavy atom. The molecule has 0 bridgehead atoms. The van der Waals surface area contributed by atoms with Crippen LogP contribution in [0.2, 0.25) is 0 Å². The summed E-state index contributed by atoms with van der Waals surface area (Å²) in [5, 5.41) is 10.8. The molecule has 1 heteroatoms. The minimum Gasteiger partial charge on any atom is -0.385 e. The SMILES string of the molecule is CCCC(O)(CCC)c1ccc(C)cc1C. The lowest BCUT2D eigenvalue weighted by Gasteiger charge is -2.30. The number of aliphatic hydroxyl groups is 1. The van der Waals surface area contributed by atoms with E-state index in [1.54, 1.807) is 0 Å². The highest BCUT2D eigenvalue weighted by molar-refractivity contribution is 5.34. The number of benzene rings is 1. The molecule has 0 heterocycles. The van der Waals surface area contributed by atoms with Crippen LogP contribution in [0.5, 0.6) is 0 Å². The van der Waals surface area contributed by atoms with Crippen LogP contribution < -0.4 is 0 Å². The highest BCUT2D eigenvalue weighted by atomic mass is 16.3. The molecule has 0 aliphatic rings. The van der Waals surface area contributed by atoms with Crippen LogP contribution in [0.1, 0.15) is 56.2 Å². The van der Waals surface area contributed by atoms with Crippen LogP contribution in [0.3, 0.4) is 0 Å². The summed E-state index contributed by atoms with van der Waals surface area (Å²) in [6.45, 7) is 8.45. The lowest BCUT2D eigenvalue weighted by molar-refractivity contribution is 0.0164. The van der Waals surface area contributed by atoms with Gasteiger partial charge < -0.3 is 5.11 Å². The van der Waals surface area contributed by atoms with Gasteiger partial charge in [-0.05, 0) is 37.8 Å². The maximum atomic E-state index is 10.8. The third-order valence-corrected chi connectivity index (χ3v) is 3.21. The molecule has 90 valence electrons. The van der Waals surface area contributed by atoms with Gasteiger partial charge in [0.15, 0.2) is 0 Å². The highest BCUT2D eigenvalue weighted by Gasteiger charge is 2.28. The zero-order valence-electron chi connectivity index (χ0n) is 11.0. The minimum atomic E-state index is -0.624. The number of hydrogen-bond donors (Lipinski definition) is 1. The summed E-state index contributed by atoms with van der Waals surface area (Å²) in [5.41, 5.74) is 2.96. The van der Waals surface area contributed by atoms with E-state index in [0.29, 0.717) is 0 Å². The highest BCUT2D eigenvalue weighted by Crippen LogP contribution is 2.33. The van der Waals surface area contributed by atoms with Gasteiger partial charge in [-0.3, -0.25) is 0 Å². The first-order chi connectivity index (χ1) is 7.53. The summed E-state index contributed by atoms with van der Waals surface area (Å²) in [7, 11) is 0. The first-order valence-electron chi connectivity index (χ1n) is 6.33. The van der Waals surface area contributed by atoms with Gasteiger partial charge in [0.2, 0.25) is 0 Å². The van der Waals surface area contributed by atoms with Crippen LogP contribution in [0.4, 0.5) is 0 Å². The Hall–Kier alpha value is -0.820. The van der Waals surface area contributed by atoms with Crippen LogP contribution in [0.15, 0.2) is 18.2 Å². The second-order valence-corrected chi connectivity index (χ2v) is 4.85. The molecule has 16 heavy (non-hydrogen) atoms. The molecule has 0 aromatic heterocycles. The first kappa shape index (κ1) is 13.2. The predicted octanol–water partition coefficient (Wildman–Crippen LogP) is 4.09. The predicted molar refractivity (Wildman–Crippen MR) is 69.6 cm³/mol. The van der Waals surface area contributed by atoms with Gasteiger partial charge in [0.25, 0.3) is 0 Å². The van der Waals surface area contributed by atoms with Crippen LogP contribution in [-0.4, -0.2) is 5.11 Å². The second-order valence-electron chi connectivity index (χ2n) is 4.85. The molecule has 0 spiro atoms. The average Bonchev–Trinajstić information content (AvgIpc) is 2.17. The van der Waals surface area contributed by atoms with Crippen molar-refractivity contribution >= 4 is 0 Å². The standard InChI is InChI=1S/C15H24O/c1-5-9-15(16,10-6-2)14-8-7-12(3)11-13(14)4/h7-8,11,16H,5-6,9-10H2,1-4H3. The first-order valence-corrected chi connectivity index (χ1v) is 6.33. The van der Waals surface area contributed by atoms with E-state index in [1.807, 2.05) is 0 Å². The summed E-state index contributed by atoms with van der Waals surface area (Å²) >= 11 is 0. The van der Waals surface area contributed by atoms with Gasteiger partial charge >= 0.3 is 0 Å². The van der Waals surface area contributed by atoms with Gasteiger partial charge in [-0.15, -0.1) is 0 Å². The molecule has 0 amide bonds. The Balaban J connectivity index is 3.10. The van der Waals surface area contributed by atoms with Crippen molar-refractivity contribution in [2.45, 2.75) is 59.0 Å². The molecular weight excluding hydrogens is 196 g/mol. The van der Waals surface area contributed by atoms with E-state index in [4.69, 9.17) is 0 Å². The van der Waals surface area contributed by atoms with Crippen molar-refractivity contribution in [2.24, 2.45) is 0 Å². The molecule has 0 radical (unpaired) electrons. The van der Waals surface area contributed by atoms with Gasteiger partial charge in [0, 0.05) is 0 Å². The Morgan fingerprint density at radius 1 is 1.06 bits per heavy atom. The van der Waals surface area contributed by atoms with Crippen LogP contribution >= 0.6 is 0 Å². The number of aryl methyl sites for hydroxylation is 2. The Bertz CT molecular complexity index is 335. The fourth-order valence-corrected chi connectivity index (χ4v) is 2.56. The maximum Gasteiger partial charge on any atom is 0.0898 e. The lowest BCUT2D eigenvalue weighted by Crippen LogP contribution is -2.26.